The Kier molecular flexibility index (Phi) is 5.20. The lowest BCUT2D eigenvalue weighted by molar-refractivity contribution is 0.571. The highest BCUT2D eigenvalue weighted by Crippen LogP contribution is 2.26. The zero-order valence-electron chi connectivity index (χ0n) is 11.5. The third-order valence-electron chi connectivity index (χ3n) is 2.74. The second-order valence-electron chi connectivity index (χ2n) is 5.22. The number of hydrogen-bond acceptors (Lipinski definition) is 2. The van der Waals surface area contributed by atoms with Crippen molar-refractivity contribution in [3.8, 4) is 0 Å². The molecule has 0 aliphatic carbocycles. The molecule has 0 spiro atoms. The minimum Gasteiger partial charge on any atom is -0.384 e. The number of amidine groups is 1. The van der Waals surface area contributed by atoms with Crippen LogP contribution in [0.25, 0.3) is 0 Å². The Balaban J connectivity index is 3.22. The number of nitrogens with two attached hydrogens (primary N) is 1. The number of nitrogens with zero attached hydrogens (tertiary/aromatic N) is 1. The topological polar surface area (TPSA) is 53.1 Å². The minimum atomic E-state index is 0.112. The van der Waals surface area contributed by atoms with E-state index in [1.165, 1.54) is 0 Å². The monoisotopic (exact) mass is 311 g/mol. The molecule has 0 aliphatic heterocycles. The van der Waals surface area contributed by atoms with Gasteiger partial charge in [0.15, 0.2) is 0 Å². The van der Waals surface area contributed by atoms with Crippen molar-refractivity contribution >= 4 is 27.5 Å². The second kappa shape index (κ2) is 6.23. The SMILES string of the molecule is CC(C)CN(c1ccc(Br)cc1C(=N)N)C(C)C. The Morgan fingerprint density at radius 2 is 1.94 bits per heavy atom. The van der Waals surface area contributed by atoms with Crippen LogP contribution in [0, 0.1) is 11.3 Å². The average Bonchev–Trinajstić information content (AvgIpc) is 2.25. The number of nitrogens with one attached hydrogen (secondary N) is 1. The molecule has 0 unspecified atom stereocenters. The normalized spacial score (nSPS) is 11.1. The quantitative estimate of drug-likeness (QED) is 0.645. The molecule has 100 valence electrons. The molecule has 0 aromatic heterocycles. The average molecular weight is 312 g/mol. The van der Waals surface area contributed by atoms with Crippen LogP contribution in [0.5, 0.6) is 0 Å². The van der Waals surface area contributed by atoms with Gasteiger partial charge in [-0.1, -0.05) is 29.8 Å². The Bertz CT molecular complexity index is 427. The van der Waals surface area contributed by atoms with E-state index in [2.05, 4.69) is 48.5 Å². The van der Waals surface area contributed by atoms with Crippen molar-refractivity contribution in [3.63, 3.8) is 0 Å². The molecular weight excluding hydrogens is 290 g/mol. The maximum Gasteiger partial charge on any atom is 0.124 e. The standard InChI is InChI=1S/C14H22BrN3/c1-9(2)8-18(10(3)4)13-6-5-11(15)7-12(13)14(16)17/h5-7,9-10H,8H2,1-4H3,(H3,16,17). The van der Waals surface area contributed by atoms with E-state index in [1.54, 1.807) is 0 Å². The third kappa shape index (κ3) is 3.73. The molecule has 4 heteroatoms. The molecule has 3 N–H and O–H groups in total. The van der Waals surface area contributed by atoms with Crippen LogP contribution in [0.15, 0.2) is 22.7 Å². The van der Waals surface area contributed by atoms with Crippen molar-refractivity contribution in [2.24, 2.45) is 11.7 Å². The molecule has 0 bridgehead atoms. The zero-order chi connectivity index (χ0) is 13.9. The highest BCUT2D eigenvalue weighted by atomic mass is 79.9. The molecule has 0 saturated carbocycles. The van der Waals surface area contributed by atoms with Crippen LogP contribution in [-0.2, 0) is 0 Å². The highest BCUT2D eigenvalue weighted by Gasteiger charge is 2.17. The van der Waals surface area contributed by atoms with Crippen molar-refractivity contribution in [2.45, 2.75) is 33.7 Å². The highest BCUT2D eigenvalue weighted by molar-refractivity contribution is 9.10. The van der Waals surface area contributed by atoms with Gasteiger partial charge in [-0.05, 0) is 38.0 Å². The molecule has 3 nitrogen and oxygen atoms in total. The molecule has 1 aromatic rings. The van der Waals surface area contributed by atoms with Crippen LogP contribution < -0.4 is 10.6 Å². The van der Waals surface area contributed by atoms with Crippen molar-refractivity contribution in [3.05, 3.63) is 28.2 Å². The zero-order valence-corrected chi connectivity index (χ0v) is 13.1. The first-order valence-electron chi connectivity index (χ1n) is 6.23. The van der Waals surface area contributed by atoms with Gasteiger partial charge in [0.25, 0.3) is 0 Å². The van der Waals surface area contributed by atoms with E-state index in [0.29, 0.717) is 12.0 Å². The molecule has 18 heavy (non-hydrogen) atoms. The van der Waals surface area contributed by atoms with Gasteiger partial charge in [-0.2, -0.15) is 0 Å². The van der Waals surface area contributed by atoms with Gasteiger partial charge in [0.05, 0.1) is 0 Å². The Labute approximate surface area is 118 Å². The molecule has 0 radical (unpaired) electrons. The largest absolute Gasteiger partial charge is 0.384 e. The Morgan fingerprint density at radius 3 is 2.39 bits per heavy atom. The summed E-state index contributed by atoms with van der Waals surface area (Å²) < 4.78 is 0.949. The van der Waals surface area contributed by atoms with E-state index in [1.807, 2.05) is 18.2 Å². The van der Waals surface area contributed by atoms with Crippen LogP contribution >= 0.6 is 15.9 Å². The first-order chi connectivity index (χ1) is 8.32. The van der Waals surface area contributed by atoms with E-state index < -0.39 is 0 Å². The summed E-state index contributed by atoms with van der Waals surface area (Å²) in [6.45, 7) is 9.67. The fourth-order valence-corrected chi connectivity index (χ4v) is 2.32. The van der Waals surface area contributed by atoms with E-state index in [9.17, 15) is 0 Å². The van der Waals surface area contributed by atoms with Crippen LogP contribution in [0.4, 0.5) is 5.69 Å². The van der Waals surface area contributed by atoms with Gasteiger partial charge in [-0.25, -0.2) is 0 Å². The van der Waals surface area contributed by atoms with Gasteiger partial charge < -0.3 is 10.6 Å². The molecule has 1 aromatic carbocycles. The van der Waals surface area contributed by atoms with Crippen molar-refractivity contribution in [2.75, 3.05) is 11.4 Å². The Morgan fingerprint density at radius 1 is 1.33 bits per heavy atom. The number of halogens is 1. The van der Waals surface area contributed by atoms with Gasteiger partial charge in [0.1, 0.15) is 5.84 Å². The van der Waals surface area contributed by atoms with Crippen LogP contribution in [-0.4, -0.2) is 18.4 Å². The third-order valence-corrected chi connectivity index (χ3v) is 3.24. The maximum atomic E-state index is 7.72. The summed E-state index contributed by atoms with van der Waals surface area (Å²) in [5, 5.41) is 7.72. The first kappa shape index (κ1) is 15.0. The van der Waals surface area contributed by atoms with E-state index in [0.717, 1.165) is 22.3 Å². The number of rotatable bonds is 5. The van der Waals surface area contributed by atoms with Gasteiger partial charge in [-0.3, -0.25) is 5.41 Å². The summed E-state index contributed by atoms with van der Waals surface area (Å²) in [7, 11) is 0. The minimum absolute atomic E-state index is 0.112. The van der Waals surface area contributed by atoms with Crippen molar-refractivity contribution < 1.29 is 0 Å². The molecule has 0 saturated heterocycles. The van der Waals surface area contributed by atoms with Crippen molar-refractivity contribution in [1.82, 2.24) is 0 Å². The van der Waals surface area contributed by atoms with Crippen molar-refractivity contribution in [1.29, 1.82) is 5.41 Å². The van der Waals surface area contributed by atoms with Gasteiger partial charge >= 0.3 is 0 Å². The van der Waals surface area contributed by atoms with E-state index >= 15 is 0 Å². The van der Waals surface area contributed by atoms with Gasteiger partial charge in [-0.15, -0.1) is 0 Å². The summed E-state index contributed by atoms with van der Waals surface area (Å²) in [6, 6.07) is 6.32. The summed E-state index contributed by atoms with van der Waals surface area (Å²) >= 11 is 3.43. The fourth-order valence-electron chi connectivity index (χ4n) is 1.96. The number of nitrogen functional groups attached to an aromatic ring is 1. The number of benzene rings is 1. The lowest BCUT2D eigenvalue weighted by Crippen LogP contribution is -2.35. The molecule has 0 fully saturated rings. The second-order valence-corrected chi connectivity index (χ2v) is 6.13. The van der Waals surface area contributed by atoms with Gasteiger partial charge in [0, 0.05) is 28.3 Å². The van der Waals surface area contributed by atoms with E-state index in [-0.39, 0.29) is 5.84 Å². The smallest absolute Gasteiger partial charge is 0.124 e. The summed E-state index contributed by atoms with van der Waals surface area (Å²) in [6.07, 6.45) is 0. The molecule has 1 rings (SSSR count). The first-order valence-corrected chi connectivity index (χ1v) is 7.02. The summed E-state index contributed by atoms with van der Waals surface area (Å²) in [5.74, 6) is 0.677. The lowest BCUT2D eigenvalue weighted by Gasteiger charge is -2.32. The van der Waals surface area contributed by atoms with Crippen LogP contribution in [0.1, 0.15) is 33.3 Å². The molecular formula is C14H22BrN3. The number of anilines is 1. The predicted molar refractivity (Wildman–Crippen MR) is 82.5 cm³/mol. The molecule has 0 atom stereocenters. The van der Waals surface area contributed by atoms with Crippen LogP contribution in [0.3, 0.4) is 0 Å². The fraction of sp³-hybridized carbons (Fsp3) is 0.500. The molecule has 0 heterocycles. The summed E-state index contributed by atoms with van der Waals surface area (Å²) in [5.41, 5.74) is 7.51. The maximum absolute atomic E-state index is 7.72. The predicted octanol–water partition coefficient (Wildman–Crippen LogP) is 3.60. The number of hydrogen-bond donors (Lipinski definition) is 2. The lowest BCUT2D eigenvalue weighted by atomic mass is 10.1. The molecule has 0 amide bonds. The van der Waals surface area contributed by atoms with Crippen LogP contribution in [0.2, 0.25) is 0 Å². The summed E-state index contributed by atoms with van der Waals surface area (Å²) in [4.78, 5) is 2.30. The van der Waals surface area contributed by atoms with Gasteiger partial charge in [0.2, 0.25) is 0 Å². The van der Waals surface area contributed by atoms with E-state index in [4.69, 9.17) is 11.1 Å². The Hall–Kier alpha value is -1.03. The molecule has 0 aliphatic rings.